The summed E-state index contributed by atoms with van der Waals surface area (Å²) in [5.41, 5.74) is 3.83. The topological polar surface area (TPSA) is 49.4 Å². The standard InChI is InChI=1S/C20H20N2O2/c1-14-7-6-10-17(15(14)2)19(23)13-18-20(24)22(12-11-21-18)16-8-4-3-5-9-16/h3-10,13,21H,11-12H2,1-2H3/b18-13+. The minimum Gasteiger partial charge on any atom is -0.379 e. The molecule has 1 heterocycles. The molecule has 122 valence electrons. The molecule has 0 unspecified atom stereocenters. The van der Waals surface area contributed by atoms with Gasteiger partial charge in [0, 0.05) is 30.4 Å². The van der Waals surface area contributed by atoms with Crippen LogP contribution in [0.25, 0.3) is 0 Å². The number of amides is 1. The molecule has 1 aliphatic rings. The molecule has 0 bridgehead atoms. The summed E-state index contributed by atoms with van der Waals surface area (Å²) in [5.74, 6) is -0.326. The van der Waals surface area contributed by atoms with Crippen molar-refractivity contribution in [3.05, 3.63) is 77.0 Å². The normalized spacial score (nSPS) is 16.2. The first-order valence-electron chi connectivity index (χ1n) is 8.01. The van der Waals surface area contributed by atoms with Crippen molar-refractivity contribution in [2.75, 3.05) is 18.0 Å². The van der Waals surface area contributed by atoms with Gasteiger partial charge in [-0.05, 0) is 37.1 Å². The lowest BCUT2D eigenvalue weighted by Gasteiger charge is -2.29. The van der Waals surface area contributed by atoms with E-state index >= 15 is 0 Å². The number of para-hydroxylation sites is 1. The Hall–Kier alpha value is -2.88. The minimum atomic E-state index is -0.175. The van der Waals surface area contributed by atoms with E-state index in [0.29, 0.717) is 24.4 Å². The molecule has 0 saturated carbocycles. The third kappa shape index (κ3) is 3.08. The van der Waals surface area contributed by atoms with Gasteiger partial charge in [0.15, 0.2) is 5.78 Å². The van der Waals surface area contributed by atoms with E-state index in [4.69, 9.17) is 0 Å². The Balaban J connectivity index is 1.88. The Kier molecular flexibility index (Phi) is 4.47. The van der Waals surface area contributed by atoms with Gasteiger partial charge in [-0.3, -0.25) is 9.59 Å². The quantitative estimate of drug-likeness (QED) is 0.698. The second kappa shape index (κ2) is 6.71. The molecule has 24 heavy (non-hydrogen) atoms. The Labute approximate surface area is 141 Å². The van der Waals surface area contributed by atoms with E-state index in [9.17, 15) is 9.59 Å². The van der Waals surface area contributed by atoms with E-state index in [1.807, 2.05) is 56.3 Å². The first kappa shape index (κ1) is 16.0. The van der Waals surface area contributed by atoms with Gasteiger partial charge >= 0.3 is 0 Å². The third-order valence-electron chi connectivity index (χ3n) is 4.34. The molecule has 2 aromatic rings. The van der Waals surface area contributed by atoms with Crippen LogP contribution in [-0.2, 0) is 4.79 Å². The van der Waals surface area contributed by atoms with Crippen LogP contribution in [-0.4, -0.2) is 24.8 Å². The summed E-state index contributed by atoms with van der Waals surface area (Å²) in [6.07, 6.45) is 1.42. The maximum absolute atomic E-state index is 12.7. The fourth-order valence-electron chi connectivity index (χ4n) is 2.82. The first-order valence-corrected chi connectivity index (χ1v) is 8.01. The predicted molar refractivity (Wildman–Crippen MR) is 95.1 cm³/mol. The number of nitrogens with zero attached hydrogens (tertiary/aromatic N) is 1. The van der Waals surface area contributed by atoms with Crippen LogP contribution in [0.5, 0.6) is 0 Å². The zero-order valence-corrected chi connectivity index (χ0v) is 13.9. The Bertz CT molecular complexity index is 810. The van der Waals surface area contributed by atoms with Gasteiger partial charge in [-0.25, -0.2) is 0 Å². The van der Waals surface area contributed by atoms with Crippen LogP contribution in [0.3, 0.4) is 0 Å². The van der Waals surface area contributed by atoms with Gasteiger partial charge < -0.3 is 10.2 Å². The first-order chi connectivity index (χ1) is 11.6. The summed E-state index contributed by atoms with van der Waals surface area (Å²) in [6, 6.07) is 15.1. The highest BCUT2D eigenvalue weighted by molar-refractivity contribution is 6.13. The number of hydrogen-bond acceptors (Lipinski definition) is 3. The van der Waals surface area contributed by atoms with Crippen molar-refractivity contribution in [1.29, 1.82) is 0 Å². The molecular weight excluding hydrogens is 300 g/mol. The van der Waals surface area contributed by atoms with Crippen molar-refractivity contribution >= 4 is 17.4 Å². The van der Waals surface area contributed by atoms with Crippen LogP contribution >= 0.6 is 0 Å². The molecule has 4 heteroatoms. The zero-order chi connectivity index (χ0) is 17.1. The molecule has 0 aromatic heterocycles. The summed E-state index contributed by atoms with van der Waals surface area (Å²) in [6.45, 7) is 5.10. The number of ketones is 1. The maximum atomic E-state index is 12.7. The SMILES string of the molecule is Cc1cccc(C(=O)/C=C2/NCCN(c3ccccc3)C2=O)c1C. The van der Waals surface area contributed by atoms with Gasteiger partial charge in [0.1, 0.15) is 5.70 Å². The fraction of sp³-hybridized carbons (Fsp3) is 0.200. The number of anilines is 1. The number of carbonyl (C=O) groups excluding carboxylic acids is 2. The number of piperazine rings is 1. The molecule has 0 aliphatic carbocycles. The number of benzene rings is 2. The van der Waals surface area contributed by atoms with E-state index in [1.165, 1.54) is 6.08 Å². The number of carbonyl (C=O) groups is 2. The third-order valence-corrected chi connectivity index (χ3v) is 4.34. The molecule has 1 fully saturated rings. The van der Waals surface area contributed by atoms with Gasteiger partial charge in [-0.15, -0.1) is 0 Å². The van der Waals surface area contributed by atoms with Crippen molar-refractivity contribution in [3.63, 3.8) is 0 Å². The predicted octanol–water partition coefficient (Wildman–Crippen LogP) is 3.01. The van der Waals surface area contributed by atoms with E-state index in [0.717, 1.165) is 16.8 Å². The summed E-state index contributed by atoms with van der Waals surface area (Å²) in [7, 11) is 0. The Morgan fingerprint density at radius 3 is 2.58 bits per heavy atom. The van der Waals surface area contributed by atoms with E-state index in [-0.39, 0.29) is 11.7 Å². The van der Waals surface area contributed by atoms with Crippen molar-refractivity contribution in [1.82, 2.24) is 5.32 Å². The monoisotopic (exact) mass is 320 g/mol. The van der Waals surface area contributed by atoms with Crippen molar-refractivity contribution in [3.8, 4) is 0 Å². The lowest BCUT2D eigenvalue weighted by atomic mass is 9.99. The summed E-state index contributed by atoms with van der Waals surface area (Å²) in [5, 5.41) is 3.05. The number of hydrogen-bond donors (Lipinski definition) is 1. The lowest BCUT2D eigenvalue weighted by Crippen LogP contribution is -2.46. The summed E-state index contributed by atoms with van der Waals surface area (Å²) in [4.78, 5) is 27.0. The molecule has 1 aliphatic heterocycles. The minimum absolute atomic E-state index is 0.151. The van der Waals surface area contributed by atoms with Gasteiger partial charge in [0.05, 0.1) is 0 Å². The van der Waals surface area contributed by atoms with Crippen molar-refractivity contribution in [2.45, 2.75) is 13.8 Å². The number of aryl methyl sites for hydroxylation is 1. The van der Waals surface area contributed by atoms with Gasteiger partial charge in [-0.2, -0.15) is 0 Å². The average molecular weight is 320 g/mol. The second-order valence-corrected chi connectivity index (χ2v) is 5.89. The van der Waals surface area contributed by atoms with Gasteiger partial charge in [0.25, 0.3) is 5.91 Å². The molecular formula is C20H20N2O2. The van der Waals surface area contributed by atoms with Crippen LogP contribution < -0.4 is 10.2 Å². The van der Waals surface area contributed by atoms with Crippen molar-refractivity contribution in [2.24, 2.45) is 0 Å². The van der Waals surface area contributed by atoms with Gasteiger partial charge in [-0.1, -0.05) is 36.4 Å². The number of allylic oxidation sites excluding steroid dienone is 1. The Morgan fingerprint density at radius 1 is 1.08 bits per heavy atom. The maximum Gasteiger partial charge on any atom is 0.274 e. The van der Waals surface area contributed by atoms with E-state index in [2.05, 4.69) is 5.32 Å². The second-order valence-electron chi connectivity index (χ2n) is 5.89. The number of nitrogens with one attached hydrogen (secondary N) is 1. The molecule has 1 N–H and O–H groups in total. The molecule has 2 aromatic carbocycles. The van der Waals surface area contributed by atoms with E-state index < -0.39 is 0 Å². The molecule has 0 radical (unpaired) electrons. The van der Waals surface area contributed by atoms with E-state index in [1.54, 1.807) is 11.0 Å². The smallest absolute Gasteiger partial charge is 0.274 e. The fourth-order valence-corrected chi connectivity index (χ4v) is 2.82. The molecule has 3 rings (SSSR count). The molecule has 1 saturated heterocycles. The average Bonchev–Trinajstić information content (AvgIpc) is 2.60. The molecule has 0 atom stereocenters. The molecule has 1 amide bonds. The van der Waals surface area contributed by atoms with Crippen molar-refractivity contribution < 1.29 is 9.59 Å². The molecule has 4 nitrogen and oxygen atoms in total. The highest BCUT2D eigenvalue weighted by Crippen LogP contribution is 2.19. The van der Waals surface area contributed by atoms with Crippen LogP contribution in [0.4, 0.5) is 5.69 Å². The lowest BCUT2D eigenvalue weighted by molar-refractivity contribution is -0.116. The summed E-state index contributed by atoms with van der Waals surface area (Å²) < 4.78 is 0. The van der Waals surface area contributed by atoms with Crippen LogP contribution in [0.1, 0.15) is 21.5 Å². The van der Waals surface area contributed by atoms with Crippen LogP contribution in [0.15, 0.2) is 60.3 Å². The van der Waals surface area contributed by atoms with Gasteiger partial charge in [0.2, 0.25) is 0 Å². The largest absolute Gasteiger partial charge is 0.379 e. The Morgan fingerprint density at radius 2 is 1.83 bits per heavy atom. The number of rotatable bonds is 3. The highest BCUT2D eigenvalue weighted by atomic mass is 16.2. The summed E-state index contributed by atoms with van der Waals surface area (Å²) >= 11 is 0. The van der Waals surface area contributed by atoms with Crippen LogP contribution in [0, 0.1) is 13.8 Å². The zero-order valence-electron chi connectivity index (χ0n) is 13.9. The van der Waals surface area contributed by atoms with Crippen LogP contribution in [0.2, 0.25) is 0 Å². The molecule has 0 spiro atoms. The highest BCUT2D eigenvalue weighted by Gasteiger charge is 2.25.